The molecule has 158 valence electrons. The van der Waals surface area contributed by atoms with Crippen molar-refractivity contribution in [3.8, 4) is 0 Å². The third-order valence-electron chi connectivity index (χ3n) is 6.10. The van der Waals surface area contributed by atoms with Crippen LogP contribution in [0.3, 0.4) is 0 Å². The molecule has 1 aliphatic rings. The van der Waals surface area contributed by atoms with E-state index in [4.69, 9.17) is 7.85 Å². The summed E-state index contributed by atoms with van der Waals surface area (Å²) in [5.41, 5.74) is 4.73. The van der Waals surface area contributed by atoms with Gasteiger partial charge in [-0.05, 0) is 36.0 Å². The minimum atomic E-state index is -0.960. The predicted octanol–water partition coefficient (Wildman–Crippen LogP) is 3.47. The summed E-state index contributed by atoms with van der Waals surface area (Å²) in [7, 11) is 6.03. The predicted molar refractivity (Wildman–Crippen MR) is 123 cm³/mol. The van der Waals surface area contributed by atoms with Gasteiger partial charge in [-0.15, -0.1) is 0 Å². The Morgan fingerprint density at radius 2 is 1.74 bits per heavy atom. The Morgan fingerprint density at radius 3 is 2.35 bits per heavy atom. The Kier molecular flexibility index (Phi) is 5.90. The van der Waals surface area contributed by atoms with Gasteiger partial charge in [-0.2, -0.15) is 0 Å². The summed E-state index contributed by atoms with van der Waals surface area (Å²) in [5.74, 6) is -0.612. The van der Waals surface area contributed by atoms with Gasteiger partial charge in [0, 0.05) is 36.1 Å². The number of likely N-dealkylation sites (tertiary alicyclic amines) is 1. The molecular weight excluding hydrogens is 387 g/mol. The average Bonchev–Trinajstić information content (AvgIpc) is 3.35. The summed E-state index contributed by atoms with van der Waals surface area (Å²) in [6.45, 7) is 6.22. The van der Waals surface area contributed by atoms with Crippen molar-refractivity contribution >= 4 is 36.1 Å². The number of carbonyl (C=O) groups is 2. The normalized spacial score (nSPS) is 14.0. The lowest BCUT2D eigenvalue weighted by atomic mass is 9.93. The molecule has 1 amide bonds. The van der Waals surface area contributed by atoms with Gasteiger partial charge in [0.15, 0.2) is 0 Å². The number of nitrogens with zero attached hydrogens (tertiary/aromatic N) is 2. The second-order valence-corrected chi connectivity index (χ2v) is 8.66. The van der Waals surface area contributed by atoms with Crippen LogP contribution in [0.5, 0.6) is 0 Å². The van der Waals surface area contributed by atoms with Gasteiger partial charge in [0.05, 0.1) is 6.42 Å². The standard InChI is InChI=1S/C25H27BN2O3/c1-16(2)18-7-5-17(6-8-18)15-28-22-10-9-19(26)13-20(22)21(14-23(29)30)24(28)25(31)27-11-3-4-12-27/h5-10,13,16H,3-4,11-12,14-15H2,1-2H3,(H,29,30). The lowest BCUT2D eigenvalue weighted by molar-refractivity contribution is -0.136. The van der Waals surface area contributed by atoms with Crippen LogP contribution in [-0.4, -0.2) is 47.4 Å². The van der Waals surface area contributed by atoms with Gasteiger partial charge < -0.3 is 14.6 Å². The molecule has 4 rings (SSSR count). The number of hydrogen-bond donors (Lipinski definition) is 1. The van der Waals surface area contributed by atoms with Gasteiger partial charge in [-0.25, -0.2) is 0 Å². The number of carboxylic acids is 1. The van der Waals surface area contributed by atoms with E-state index < -0.39 is 5.97 Å². The Balaban J connectivity index is 1.87. The molecule has 1 fully saturated rings. The van der Waals surface area contributed by atoms with Gasteiger partial charge in [-0.3, -0.25) is 9.59 Å². The number of carbonyl (C=O) groups excluding carboxylic acids is 1. The van der Waals surface area contributed by atoms with Crippen LogP contribution in [0.25, 0.3) is 10.9 Å². The van der Waals surface area contributed by atoms with Crippen molar-refractivity contribution in [2.24, 2.45) is 0 Å². The molecule has 0 unspecified atom stereocenters. The van der Waals surface area contributed by atoms with Crippen molar-refractivity contribution in [1.29, 1.82) is 0 Å². The van der Waals surface area contributed by atoms with Gasteiger partial charge in [0.1, 0.15) is 13.5 Å². The van der Waals surface area contributed by atoms with E-state index in [-0.39, 0.29) is 12.3 Å². The van der Waals surface area contributed by atoms with Gasteiger partial charge in [-0.1, -0.05) is 55.7 Å². The number of hydrogen-bond acceptors (Lipinski definition) is 2. The quantitative estimate of drug-likeness (QED) is 0.629. The summed E-state index contributed by atoms with van der Waals surface area (Å²) >= 11 is 0. The summed E-state index contributed by atoms with van der Waals surface area (Å²) in [6, 6.07) is 13.9. The molecule has 1 saturated heterocycles. The number of carboxylic acid groups (broad SMARTS) is 1. The van der Waals surface area contributed by atoms with Crippen molar-refractivity contribution in [2.75, 3.05) is 13.1 Å². The fraction of sp³-hybridized carbons (Fsp3) is 0.360. The highest BCUT2D eigenvalue weighted by Gasteiger charge is 2.29. The zero-order valence-electron chi connectivity index (χ0n) is 18.1. The van der Waals surface area contributed by atoms with Crippen LogP contribution in [0.1, 0.15) is 59.8 Å². The SMILES string of the molecule is [B]c1ccc2c(c1)c(CC(=O)O)c(C(=O)N1CCCC1)n2Cc1ccc(C(C)C)cc1. The third kappa shape index (κ3) is 4.25. The van der Waals surface area contributed by atoms with Gasteiger partial charge >= 0.3 is 5.97 Å². The van der Waals surface area contributed by atoms with Crippen molar-refractivity contribution in [3.63, 3.8) is 0 Å². The third-order valence-corrected chi connectivity index (χ3v) is 6.10. The van der Waals surface area contributed by atoms with Crippen LogP contribution in [0, 0.1) is 0 Å². The molecule has 2 heterocycles. The molecule has 0 atom stereocenters. The van der Waals surface area contributed by atoms with E-state index in [0.29, 0.717) is 42.3 Å². The zero-order chi connectivity index (χ0) is 22.1. The van der Waals surface area contributed by atoms with Crippen molar-refractivity contribution in [1.82, 2.24) is 9.47 Å². The van der Waals surface area contributed by atoms with E-state index in [0.717, 1.165) is 29.3 Å². The monoisotopic (exact) mass is 414 g/mol. The number of aliphatic carboxylic acids is 1. The highest BCUT2D eigenvalue weighted by molar-refractivity contribution is 6.33. The Hall–Kier alpha value is -3.02. The van der Waals surface area contributed by atoms with Crippen LogP contribution in [-0.2, 0) is 17.8 Å². The van der Waals surface area contributed by atoms with E-state index in [1.54, 1.807) is 12.1 Å². The molecule has 0 spiro atoms. The largest absolute Gasteiger partial charge is 0.481 e. The molecule has 1 N–H and O–H groups in total. The molecule has 0 aliphatic carbocycles. The maximum atomic E-state index is 13.5. The highest BCUT2D eigenvalue weighted by Crippen LogP contribution is 2.30. The summed E-state index contributed by atoms with van der Waals surface area (Å²) in [5, 5.41) is 10.3. The molecule has 1 aliphatic heterocycles. The fourth-order valence-corrected chi connectivity index (χ4v) is 4.44. The maximum absolute atomic E-state index is 13.5. The van der Waals surface area contributed by atoms with Crippen LogP contribution < -0.4 is 5.46 Å². The van der Waals surface area contributed by atoms with E-state index in [2.05, 4.69) is 38.1 Å². The lowest BCUT2D eigenvalue weighted by Crippen LogP contribution is -2.31. The fourth-order valence-electron chi connectivity index (χ4n) is 4.44. The molecule has 6 heteroatoms. The van der Waals surface area contributed by atoms with Gasteiger partial charge in [0.25, 0.3) is 5.91 Å². The smallest absolute Gasteiger partial charge is 0.307 e. The number of fused-ring (bicyclic) bond motifs is 1. The molecule has 2 aromatic carbocycles. The Labute approximate surface area is 184 Å². The van der Waals surface area contributed by atoms with Crippen LogP contribution in [0.15, 0.2) is 42.5 Å². The topological polar surface area (TPSA) is 62.5 Å². The van der Waals surface area contributed by atoms with Crippen molar-refractivity contribution in [2.45, 2.75) is 45.6 Å². The summed E-state index contributed by atoms with van der Waals surface area (Å²) < 4.78 is 1.97. The van der Waals surface area contributed by atoms with Crippen LogP contribution in [0.2, 0.25) is 0 Å². The molecule has 3 aromatic rings. The van der Waals surface area contributed by atoms with E-state index in [1.807, 2.05) is 15.5 Å². The molecule has 31 heavy (non-hydrogen) atoms. The highest BCUT2D eigenvalue weighted by atomic mass is 16.4. The second-order valence-electron chi connectivity index (χ2n) is 8.66. The first-order chi connectivity index (χ1) is 14.8. The summed E-state index contributed by atoms with van der Waals surface area (Å²) in [6.07, 6.45) is 1.74. The van der Waals surface area contributed by atoms with Gasteiger partial charge in [0.2, 0.25) is 0 Å². The molecule has 2 radical (unpaired) electrons. The summed E-state index contributed by atoms with van der Waals surface area (Å²) in [4.78, 5) is 27.1. The number of rotatable bonds is 6. The average molecular weight is 414 g/mol. The van der Waals surface area contributed by atoms with E-state index in [1.165, 1.54) is 5.56 Å². The van der Waals surface area contributed by atoms with Crippen molar-refractivity contribution < 1.29 is 14.7 Å². The molecular formula is C25H27BN2O3. The molecule has 5 nitrogen and oxygen atoms in total. The Bertz CT molecular complexity index is 1130. The molecule has 1 aromatic heterocycles. The first-order valence-corrected chi connectivity index (χ1v) is 10.9. The Morgan fingerprint density at radius 1 is 1.06 bits per heavy atom. The minimum absolute atomic E-state index is 0.0951. The number of aromatic nitrogens is 1. The maximum Gasteiger partial charge on any atom is 0.307 e. The van der Waals surface area contributed by atoms with Crippen LogP contribution >= 0.6 is 0 Å². The minimum Gasteiger partial charge on any atom is -0.481 e. The first kappa shape index (κ1) is 21.2. The number of amides is 1. The molecule has 0 bridgehead atoms. The van der Waals surface area contributed by atoms with Crippen molar-refractivity contribution in [3.05, 3.63) is 64.8 Å². The number of benzene rings is 2. The zero-order valence-corrected chi connectivity index (χ0v) is 18.1. The lowest BCUT2D eigenvalue weighted by Gasteiger charge is -2.19. The van der Waals surface area contributed by atoms with Crippen LogP contribution in [0.4, 0.5) is 0 Å². The second kappa shape index (κ2) is 8.62. The molecule has 0 saturated carbocycles. The van der Waals surface area contributed by atoms with E-state index in [9.17, 15) is 14.7 Å². The van der Waals surface area contributed by atoms with E-state index >= 15 is 0 Å². The first-order valence-electron chi connectivity index (χ1n) is 10.9.